The highest BCUT2D eigenvalue weighted by molar-refractivity contribution is 6.39. The number of ether oxygens (including phenoxy) is 3. The minimum atomic E-state index is -0.953. The van der Waals surface area contributed by atoms with Crippen LogP contribution in [-0.2, 0) is 19.1 Å². The van der Waals surface area contributed by atoms with E-state index in [4.69, 9.17) is 26.8 Å². The van der Waals surface area contributed by atoms with E-state index < -0.39 is 36.3 Å². The molecule has 35 heavy (non-hydrogen) atoms. The molecule has 3 N–H and O–H groups in total. The van der Waals surface area contributed by atoms with Crippen molar-refractivity contribution in [1.29, 1.82) is 0 Å². The van der Waals surface area contributed by atoms with E-state index in [0.717, 1.165) is 4.90 Å². The van der Waals surface area contributed by atoms with Gasteiger partial charge in [-0.3, -0.25) is 19.7 Å². The minimum absolute atomic E-state index is 0.0408. The van der Waals surface area contributed by atoms with Crippen LogP contribution in [-0.4, -0.2) is 50.0 Å². The molecular weight excluding hydrogens is 482 g/mol. The Morgan fingerprint density at radius 1 is 1.11 bits per heavy atom. The highest BCUT2D eigenvalue weighted by atomic mass is 35.5. The third kappa shape index (κ3) is 5.58. The number of primary amides is 1. The van der Waals surface area contributed by atoms with E-state index >= 15 is 0 Å². The van der Waals surface area contributed by atoms with E-state index in [1.54, 1.807) is 6.92 Å². The number of carbonyl (C=O) groups is 5. The number of methoxy groups -OCH3 is 1. The van der Waals surface area contributed by atoms with Crippen molar-refractivity contribution in [2.24, 2.45) is 5.73 Å². The zero-order chi connectivity index (χ0) is 25.7. The van der Waals surface area contributed by atoms with Crippen LogP contribution in [0, 0.1) is 0 Å². The number of nitrogens with one attached hydrogen (secondary N) is 1. The number of halogens is 1. The molecule has 1 fully saturated rings. The maximum absolute atomic E-state index is 13.1. The van der Waals surface area contributed by atoms with Crippen molar-refractivity contribution in [2.45, 2.75) is 6.92 Å². The molecule has 0 saturated carbocycles. The Labute approximate surface area is 204 Å². The Balaban J connectivity index is 1.98. The van der Waals surface area contributed by atoms with E-state index in [1.807, 2.05) is 0 Å². The Hall–Kier alpha value is -4.38. The maximum Gasteiger partial charge on any atom is 0.337 e. The molecule has 0 radical (unpaired) electrons. The molecule has 5 amide bonds. The molecule has 0 aromatic heterocycles. The van der Waals surface area contributed by atoms with Gasteiger partial charge in [-0.25, -0.2) is 14.5 Å². The van der Waals surface area contributed by atoms with Gasteiger partial charge in [-0.05, 0) is 55.0 Å². The van der Waals surface area contributed by atoms with E-state index in [-0.39, 0.29) is 40.0 Å². The lowest BCUT2D eigenvalue weighted by Crippen LogP contribution is -2.54. The predicted octanol–water partition coefficient (Wildman–Crippen LogP) is 2.06. The normalized spacial score (nSPS) is 14.5. The average Bonchev–Trinajstić information content (AvgIpc) is 2.81. The first-order chi connectivity index (χ1) is 16.7. The van der Waals surface area contributed by atoms with Crippen molar-refractivity contribution in [1.82, 2.24) is 5.32 Å². The van der Waals surface area contributed by atoms with Crippen LogP contribution in [0.15, 0.2) is 42.0 Å². The number of esters is 1. The molecule has 182 valence electrons. The second-order valence-corrected chi connectivity index (χ2v) is 7.42. The third-order valence-corrected chi connectivity index (χ3v) is 4.93. The molecule has 2 aromatic rings. The Morgan fingerprint density at radius 3 is 2.40 bits per heavy atom. The number of urea groups is 1. The molecule has 1 heterocycles. The van der Waals surface area contributed by atoms with Gasteiger partial charge in [0.1, 0.15) is 5.57 Å². The number of anilines is 1. The van der Waals surface area contributed by atoms with Crippen molar-refractivity contribution >= 4 is 53.1 Å². The van der Waals surface area contributed by atoms with Gasteiger partial charge in [-0.15, -0.1) is 0 Å². The van der Waals surface area contributed by atoms with Crippen molar-refractivity contribution in [3.8, 4) is 11.5 Å². The number of rotatable bonds is 8. The number of hydrogen-bond acceptors (Lipinski definition) is 8. The number of benzene rings is 2. The number of amides is 5. The highest BCUT2D eigenvalue weighted by Crippen LogP contribution is 2.37. The zero-order valence-electron chi connectivity index (χ0n) is 18.6. The Kier molecular flexibility index (Phi) is 7.72. The summed E-state index contributed by atoms with van der Waals surface area (Å²) in [4.78, 5) is 61.4. The van der Waals surface area contributed by atoms with Crippen LogP contribution < -0.4 is 25.4 Å². The average molecular weight is 502 g/mol. The van der Waals surface area contributed by atoms with Gasteiger partial charge < -0.3 is 19.9 Å². The first-order valence-corrected chi connectivity index (χ1v) is 10.5. The van der Waals surface area contributed by atoms with E-state index in [9.17, 15) is 24.0 Å². The molecule has 1 aliphatic rings. The number of carbonyl (C=O) groups excluding carboxylic acids is 5. The summed E-state index contributed by atoms with van der Waals surface area (Å²) in [7, 11) is 1.22. The lowest BCUT2D eigenvalue weighted by Gasteiger charge is -2.26. The van der Waals surface area contributed by atoms with Crippen molar-refractivity contribution < 1.29 is 38.2 Å². The molecule has 0 aliphatic carbocycles. The fourth-order valence-electron chi connectivity index (χ4n) is 3.14. The first-order valence-electron chi connectivity index (χ1n) is 10.1. The third-order valence-electron chi connectivity index (χ3n) is 4.65. The van der Waals surface area contributed by atoms with Crippen molar-refractivity contribution in [2.75, 3.05) is 25.2 Å². The summed E-state index contributed by atoms with van der Waals surface area (Å²) in [6.07, 6.45) is 1.23. The van der Waals surface area contributed by atoms with Crippen LogP contribution >= 0.6 is 11.6 Å². The van der Waals surface area contributed by atoms with Crippen LogP contribution in [0.25, 0.3) is 6.08 Å². The fraction of sp³-hybridized carbons (Fsp3) is 0.174. The summed E-state index contributed by atoms with van der Waals surface area (Å²) < 4.78 is 15.4. The molecule has 1 aliphatic heterocycles. The molecule has 3 rings (SSSR count). The van der Waals surface area contributed by atoms with E-state index in [0.29, 0.717) is 5.56 Å². The molecule has 11 nitrogen and oxygen atoms in total. The number of nitrogens with zero attached hydrogens (tertiary/aromatic N) is 1. The van der Waals surface area contributed by atoms with Crippen molar-refractivity contribution in [3.63, 3.8) is 0 Å². The summed E-state index contributed by atoms with van der Waals surface area (Å²) in [5.41, 5.74) is 5.38. The van der Waals surface area contributed by atoms with Gasteiger partial charge in [0.25, 0.3) is 17.7 Å². The Morgan fingerprint density at radius 2 is 1.80 bits per heavy atom. The molecule has 0 bridgehead atoms. The van der Waals surface area contributed by atoms with Gasteiger partial charge >= 0.3 is 12.0 Å². The van der Waals surface area contributed by atoms with Crippen LogP contribution in [0.1, 0.15) is 22.8 Å². The minimum Gasteiger partial charge on any atom is -0.490 e. The monoisotopic (exact) mass is 501 g/mol. The van der Waals surface area contributed by atoms with Gasteiger partial charge in [0.15, 0.2) is 18.1 Å². The number of nitrogens with two attached hydrogens (primary N) is 1. The lowest BCUT2D eigenvalue weighted by atomic mass is 10.1. The first kappa shape index (κ1) is 25.2. The summed E-state index contributed by atoms with van der Waals surface area (Å²) >= 11 is 6.27. The molecule has 0 unspecified atom stereocenters. The van der Waals surface area contributed by atoms with Crippen LogP contribution in [0.5, 0.6) is 11.5 Å². The zero-order valence-corrected chi connectivity index (χ0v) is 19.4. The number of hydrogen-bond donors (Lipinski definition) is 2. The smallest absolute Gasteiger partial charge is 0.337 e. The second kappa shape index (κ2) is 10.7. The van der Waals surface area contributed by atoms with Gasteiger partial charge in [-0.2, -0.15) is 0 Å². The predicted molar refractivity (Wildman–Crippen MR) is 124 cm³/mol. The fourth-order valence-corrected chi connectivity index (χ4v) is 3.41. The van der Waals surface area contributed by atoms with E-state index in [1.165, 1.54) is 49.6 Å². The summed E-state index contributed by atoms with van der Waals surface area (Å²) in [6, 6.07) is 7.37. The van der Waals surface area contributed by atoms with Gasteiger partial charge in [0.05, 0.1) is 30.0 Å². The summed E-state index contributed by atoms with van der Waals surface area (Å²) in [5.74, 6) is -2.90. The number of barbiturate groups is 1. The van der Waals surface area contributed by atoms with Gasteiger partial charge in [-0.1, -0.05) is 11.6 Å². The molecule has 0 atom stereocenters. The summed E-state index contributed by atoms with van der Waals surface area (Å²) in [5, 5.41) is 2.14. The van der Waals surface area contributed by atoms with Gasteiger partial charge in [0.2, 0.25) is 0 Å². The molecule has 1 saturated heterocycles. The molecule has 0 spiro atoms. The Bertz CT molecular complexity index is 1240. The molecule has 2 aromatic carbocycles. The van der Waals surface area contributed by atoms with E-state index in [2.05, 4.69) is 10.1 Å². The largest absolute Gasteiger partial charge is 0.490 e. The van der Waals surface area contributed by atoms with Gasteiger partial charge in [0, 0.05) is 0 Å². The van der Waals surface area contributed by atoms with Crippen molar-refractivity contribution in [3.05, 3.63) is 58.1 Å². The molecule has 12 heteroatoms. The molecular formula is C23H20ClN3O8. The topological polar surface area (TPSA) is 154 Å². The van der Waals surface area contributed by atoms with Crippen LogP contribution in [0.2, 0.25) is 5.02 Å². The number of imide groups is 2. The lowest BCUT2D eigenvalue weighted by molar-refractivity contribution is -0.123. The second-order valence-electron chi connectivity index (χ2n) is 7.01. The standard InChI is InChI=1S/C23H20ClN3O8/c1-3-34-17-10-12(9-16(24)19(17)35-11-18(25)28)8-15-20(29)26-23(32)27(21(15)30)14-6-4-13(5-7-14)22(31)33-2/h4-10H,3,11H2,1-2H3,(H2,25,28)(H,26,29,32)/b15-8+. The maximum atomic E-state index is 13.1. The summed E-state index contributed by atoms with van der Waals surface area (Å²) in [6.45, 7) is 1.50. The quantitative estimate of drug-likeness (QED) is 0.316. The van der Waals surface area contributed by atoms with Crippen LogP contribution in [0.4, 0.5) is 10.5 Å². The highest BCUT2D eigenvalue weighted by Gasteiger charge is 2.37. The van der Waals surface area contributed by atoms with Crippen LogP contribution in [0.3, 0.4) is 0 Å². The SMILES string of the molecule is CCOc1cc(/C=C2\C(=O)NC(=O)N(c3ccc(C(=O)OC)cc3)C2=O)cc(Cl)c1OCC(N)=O.